The molecule has 90 valence electrons. The second kappa shape index (κ2) is 6.09. The molecule has 0 unspecified atom stereocenters. The quantitative estimate of drug-likeness (QED) is 0.842. The average molecular weight is 287 g/mol. The molecule has 0 spiro atoms. The first-order valence-corrected chi connectivity index (χ1v) is 6.35. The van der Waals surface area contributed by atoms with Gasteiger partial charge in [-0.3, -0.25) is 0 Å². The van der Waals surface area contributed by atoms with Gasteiger partial charge in [-0.05, 0) is 47.2 Å². The number of anilines is 1. The highest BCUT2D eigenvalue weighted by atomic mass is 79.9. The first-order valence-electron chi connectivity index (χ1n) is 5.55. The molecule has 16 heavy (non-hydrogen) atoms. The van der Waals surface area contributed by atoms with Gasteiger partial charge in [-0.15, -0.1) is 0 Å². The molecular formula is C12H19BrN2O. The van der Waals surface area contributed by atoms with E-state index in [0.29, 0.717) is 24.1 Å². The van der Waals surface area contributed by atoms with Gasteiger partial charge in [0, 0.05) is 0 Å². The van der Waals surface area contributed by atoms with Crippen molar-refractivity contribution in [1.29, 1.82) is 0 Å². The molecule has 0 saturated carbocycles. The van der Waals surface area contributed by atoms with Crippen LogP contribution in [0.25, 0.3) is 0 Å². The normalized spacial score (nSPS) is 10.8. The van der Waals surface area contributed by atoms with E-state index in [0.717, 1.165) is 16.5 Å². The maximum atomic E-state index is 5.74. The van der Waals surface area contributed by atoms with Crippen LogP contribution in [0.3, 0.4) is 0 Å². The van der Waals surface area contributed by atoms with Crippen LogP contribution in [-0.2, 0) is 0 Å². The highest BCUT2D eigenvalue weighted by molar-refractivity contribution is 9.10. The standard InChI is InChI=1S/C12H19BrN2O/c1-8(2)5-4-6-16-12-11(13)9(3)10(14)7-15-12/h7-8H,4-6,14H2,1-3H3. The summed E-state index contributed by atoms with van der Waals surface area (Å²) in [6, 6.07) is 0. The Kier molecular flexibility index (Phi) is 5.06. The molecule has 0 aliphatic rings. The van der Waals surface area contributed by atoms with Crippen molar-refractivity contribution in [1.82, 2.24) is 4.98 Å². The predicted molar refractivity (Wildman–Crippen MR) is 70.7 cm³/mol. The topological polar surface area (TPSA) is 48.1 Å². The lowest BCUT2D eigenvalue weighted by molar-refractivity contribution is 0.285. The van der Waals surface area contributed by atoms with E-state index in [1.165, 1.54) is 6.42 Å². The fraction of sp³-hybridized carbons (Fsp3) is 0.583. The Bertz CT molecular complexity index is 353. The summed E-state index contributed by atoms with van der Waals surface area (Å²) in [6.45, 7) is 7.07. The van der Waals surface area contributed by atoms with Gasteiger partial charge in [0.15, 0.2) is 0 Å². The molecule has 4 heteroatoms. The molecule has 1 aromatic heterocycles. The summed E-state index contributed by atoms with van der Waals surface area (Å²) in [5.41, 5.74) is 7.40. The van der Waals surface area contributed by atoms with Crippen LogP contribution in [0.15, 0.2) is 10.7 Å². The molecule has 0 radical (unpaired) electrons. The first kappa shape index (κ1) is 13.3. The van der Waals surface area contributed by atoms with Crippen molar-refractivity contribution in [2.24, 2.45) is 5.92 Å². The molecule has 0 aromatic carbocycles. The molecular weight excluding hydrogens is 268 g/mol. The van der Waals surface area contributed by atoms with Crippen molar-refractivity contribution in [2.45, 2.75) is 33.6 Å². The largest absolute Gasteiger partial charge is 0.477 e. The van der Waals surface area contributed by atoms with E-state index in [9.17, 15) is 0 Å². The zero-order valence-electron chi connectivity index (χ0n) is 10.1. The fourth-order valence-corrected chi connectivity index (χ4v) is 1.78. The predicted octanol–water partition coefficient (Wildman–Crippen LogP) is 3.55. The minimum Gasteiger partial charge on any atom is -0.477 e. The third-order valence-electron chi connectivity index (χ3n) is 2.44. The van der Waals surface area contributed by atoms with Gasteiger partial charge in [0.1, 0.15) is 0 Å². The van der Waals surface area contributed by atoms with E-state index in [-0.39, 0.29) is 0 Å². The molecule has 3 nitrogen and oxygen atoms in total. The molecule has 1 aromatic rings. The van der Waals surface area contributed by atoms with Gasteiger partial charge in [-0.1, -0.05) is 13.8 Å². The van der Waals surface area contributed by atoms with Crippen LogP contribution >= 0.6 is 15.9 Å². The third kappa shape index (κ3) is 3.67. The Morgan fingerprint density at radius 1 is 1.50 bits per heavy atom. The number of rotatable bonds is 5. The summed E-state index contributed by atoms with van der Waals surface area (Å²) in [5.74, 6) is 1.35. The molecule has 0 fully saturated rings. The molecule has 0 amide bonds. The summed E-state index contributed by atoms with van der Waals surface area (Å²) in [4.78, 5) is 4.16. The number of aromatic nitrogens is 1. The van der Waals surface area contributed by atoms with Crippen LogP contribution in [0.2, 0.25) is 0 Å². The molecule has 0 bridgehead atoms. The lowest BCUT2D eigenvalue weighted by Gasteiger charge is -2.10. The number of hydrogen-bond acceptors (Lipinski definition) is 3. The number of halogens is 1. The number of ether oxygens (including phenoxy) is 1. The van der Waals surface area contributed by atoms with Gasteiger partial charge in [-0.25, -0.2) is 4.98 Å². The summed E-state index contributed by atoms with van der Waals surface area (Å²) < 4.78 is 6.47. The minimum atomic E-state index is 0.635. The second-order valence-corrected chi connectivity index (χ2v) is 5.14. The summed E-state index contributed by atoms with van der Waals surface area (Å²) in [5, 5.41) is 0. The number of nitrogens with two attached hydrogens (primary N) is 1. The van der Waals surface area contributed by atoms with Crippen molar-refractivity contribution in [3.63, 3.8) is 0 Å². The van der Waals surface area contributed by atoms with E-state index in [1.54, 1.807) is 6.20 Å². The second-order valence-electron chi connectivity index (χ2n) is 4.34. The summed E-state index contributed by atoms with van der Waals surface area (Å²) in [7, 11) is 0. The van der Waals surface area contributed by atoms with E-state index in [2.05, 4.69) is 34.8 Å². The lowest BCUT2D eigenvalue weighted by Crippen LogP contribution is -2.03. The molecule has 0 atom stereocenters. The number of nitrogen functional groups attached to an aromatic ring is 1. The van der Waals surface area contributed by atoms with Gasteiger partial charge in [0.25, 0.3) is 0 Å². The van der Waals surface area contributed by atoms with Crippen molar-refractivity contribution < 1.29 is 4.74 Å². The van der Waals surface area contributed by atoms with Crippen molar-refractivity contribution in [3.05, 3.63) is 16.2 Å². The highest BCUT2D eigenvalue weighted by Crippen LogP contribution is 2.29. The summed E-state index contributed by atoms with van der Waals surface area (Å²) >= 11 is 3.44. The van der Waals surface area contributed by atoms with Crippen molar-refractivity contribution in [2.75, 3.05) is 12.3 Å². The van der Waals surface area contributed by atoms with Gasteiger partial charge < -0.3 is 10.5 Å². The van der Waals surface area contributed by atoms with Crippen LogP contribution < -0.4 is 10.5 Å². The van der Waals surface area contributed by atoms with Crippen LogP contribution in [0.4, 0.5) is 5.69 Å². The van der Waals surface area contributed by atoms with Gasteiger partial charge in [-0.2, -0.15) is 0 Å². The maximum Gasteiger partial charge on any atom is 0.228 e. The smallest absolute Gasteiger partial charge is 0.228 e. The summed E-state index contributed by atoms with van der Waals surface area (Å²) in [6.07, 6.45) is 3.86. The number of hydrogen-bond donors (Lipinski definition) is 1. The van der Waals surface area contributed by atoms with E-state index in [1.807, 2.05) is 6.92 Å². The average Bonchev–Trinajstić information content (AvgIpc) is 2.23. The first-order chi connectivity index (χ1) is 7.52. The minimum absolute atomic E-state index is 0.635. The number of pyridine rings is 1. The van der Waals surface area contributed by atoms with Crippen LogP contribution in [0.5, 0.6) is 5.88 Å². The Balaban J connectivity index is 2.52. The maximum absolute atomic E-state index is 5.74. The van der Waals surface area contributed by atoms with E-state index >= 15 is 0 Å². The van der Waals surface area contributed by atoms with Gasteiger partial charge in [0.2, 0.25) is 5.88 Å². The van der Waals surface area contributed by atoms with E-state index < -0.39 is 0 Å². The molecule has 1 rings (SSSR count). The Morgan fingerprint density at radius 2 is 2.19 bits per heavy atom. The van der Waals surface area contributed by atoms with Crippen LogP contribution in [-0.4, -0.2) is 11.6 Å². The Labute approximate surface area is 106 Å². The van der Waals surface area contributed by atoms with Gasteiger partial charge >= 0.3 is 0 Å². The Morgan fingerprint density at radius 3 is 2.81 bits per heavy atom. The van der Waals surface area contributed by atoms with Crippen molar-refractivity contribution in [3.8, 4) is 5.88 Å². The molecule has 1 heterocycles. The zero-order chi connectivity index (χ0) is 12.1. The molecule has 0 saturated heterocycles. The van der Waals surface area contributed by atoms with Crippen LogP contribution in [0, 0.1) is 12.8 Å². The lowest BCUT2D eigenvalue weighted by atomic mass is 10.1. The monoisotopic (exact) mass is 286 g/mol. The van der Waals surface area contributed by atoms with Crippen LogP contribution in [0.1, 0.15) is 32.3 Å². The van der Waals surface area contributed by atoms with E-state index in [4.69, 9.17) is 10.5 Å². The SMILES string of the molecule is Cc1c(N)cnc(OCCCC(C)C)c1Br. The van der Waals surface area contributed by atoms with Crippen molar-refractivity contribution >= 4 is 21.6 Å². The molecule has 2 N–H and O–H groups in total. The zero-order valence-corrected chi connectivity index (χ0v) is 11.7. The molecule has 0 aliphatic carbocycles. The van der Waals surface area contributed by atoms with Gasteiger partial charge in [0.05, 0.1) is 23.0 Å². The third-order valence-corrected chi connectivity index (χ3v) is 3.37. The number of nitrogens with zero attached hydrogens (tertiary/aromatic N) is 1. The molecule has 0 aliphatic heterocycles. The Hall–Kier alpha value is -0.770. The highest BCUT2D eigenvalue weighted by Gasteiger charge is 2.08. The fourth-order valence-electron chi connectivity index (χ4n) is 1.33.